The molecule has 1 aromatic carbocycles. The first-order chi connectivity index (χ1) is 8.29. The van der Waals surface area contributed by atoms with Crippen molar-refractivity contribution >= 4 is 11.6 Å². The summed E-state index contributed by atoms with van der Waals surface area (Å²) in [6.45, 7) is 0. The van der Waals surface area contributed by atoms with E-state index in [9.17, 15) is 0 Å². The van der Waals surface area contributed by atoms with Gasteiger partial charge in [0.25, 0.3) is 0 Å². The lowest BCUT2D eigenvalue weighted by atomic mass is 9.99. The van der Waals surface area contributed by atoms with Gasteiger partial charge < -0.3 is 4.74 Å². The summed E-state index contributed by atoms with van der Waals surface area (Å²) in [5.41, 5.74) is 0. The maximum absolute atomic E-state index is 9.16. The lowest BCUT2D eigenvalue weighted by Crippen LogP contribution is -2.24. The maximum Gasteiger partial charge on any atom is 0.119 e. The molecule has 0 heterocycles. The molecule has 0 radical (unpaired) electrons. The fourth-order valence-corrected chi connectivity index (χ4v) is 2.38. The summed E-state index contributed by atoms with van der Waals surface area (Å²) in [5, 5.41) is 9.86. The third-order valence-corrected chi connectivity index (χ3v) is 3.47. The van der Waals surface area contributed by atoms with Crippen LogP contribution in [-0.2, 0) is 0 Å². The minimum Gasteiger partial charge on any atom is -0.489 e. The van der Waals surface area contributed by atoms with Crippen molar-refractivity contribution in [3.05, 3.63) is 29.3 Å². The Bertz CT molecular complexity index is 396. The molecule has 2 atom stereocenters. The molecule has 0 amide bonds. The number of rotatable bonds is 2. The van der Waals surface area contributed by atoms with Gasteiger partial charge in [-0.05, 0) is 43.5 Å². The molecule has 2 nitrogen and oxygen atoms in total. The Morgan fingerprint density at radius 1 is 1.12 bits per heavy atom. The summed E-state index contributed by atoms with van der Waals surface area (Å²) in [6, 6.07) is 9.73. The second kappa shape index (κ2) is 5.93. The number of ether oxygens (including phenoxy) is 1. The third-order valence-electron chi connectivity index (χ3n) is 3.22. The van der Waals surface area contributed by atoms with Crippen LogP contribution < -0.4 is 4.74 Å². The van der Waals surface area contributed by atoms with Gasteiger partial charge in [-0.3, -0.25) is 0 Å². The van der Waals surface area contributed by atoms with E-state index in [1.54, 1.807) is 0 Å². The standard InChI is InChI=1S/C14H16ClNO/c15-12-6-8-13(9-7-12)17-14-5-3-1-2-4-11(14)10-16/h6-9,11,14H,1-5H2. The van der Waals surface area contributed by atoms with E-state index in [4.69, 9.17) is 21.6 Å². The molecule has 0 bridgehead atoms. The van der Waals surface area contributed by atoms with Gasteiger partial charge in [-0.1, -0.05) is 24.4 Å². The van der Waals surface area contributed by atoms with Crippen LogP contribution in [0.4, 0.5) is 0 Å². The molecule has 0 N–H and O–H groups in total. The molecule has 1 aliphatic rings. The molecule has 0 aliphatic heterocycles. The summed E-state index contributed by atoms with van der Waals surface area (Å²) in [6.07, 6.45) is 5.45. The van der Waals surface area contributed by atoms with Crippen LogP contribution in [0.25, 0.3) is 0 Å². The molecular formula is C14H16ClNO. The van der Waals surface area contributed by atoms with Gasteiger partial charge in [-0.2, -0.15) is 5.26 Å². The molecule has 1 fully saturated rings. The monoisotopic (exact) mass is 249 g/mol. The van der Waals surface area contributed by atoms with E-state index in [0.717, 1.165) is 31.4 Å². The number of hydrogen-bond acceptors (Lipinski definition) is 2. The van der Waals surface area contributed by atoms with Gasteiger partial charge >= 0.3 is 0 Å². The molecule has 0 spiro atoms. The van der Waals surface area contributed by atoms with Crippen LogP contribution in [-0.4, -0.2) is 6.10 Å². The Morgan fingerprint density at radius 2 is 1.82 bits per heavy atom. The lowest BCUT2D eigenvalue weighted by Gasteiger charge is -2.21. The minimum absolute atomic E-state index is 0.0215. The number of hydrogen-bond donors (Lipinski definition) is 0. The molecule has 17 heavy (non-hydrogen) atoms. The van der Waals surface area contributed by atoms with Crippen LogP contribution in [0, 0.1) is 17.2 Å². The van der Waals surface area contributed by atoms with Gasteiger partial charge in [0.2, 0.25) is 0 Å². The molecular weight excluding hydrogens is 234 g/mol. The van der Waals surface area contributed by atoms with Gasteiger partial charge in [0, 0.05) is 5.02 Å². The molecule has 1 saturated carbocycles. The van der Waals surface area contributed by atoms with E-state index in [0.29, 0.717) is 5.02 Å². The molecule has 1 aromatic rings. The summed E-state index contributed by atoms with van der Waals surface area (Å²) in [5.74, 6) is 0.828. The van der Waals surface area contributed by atoms with E-state index in [1.165, 1.54) is 6.42 Å². The van der Waals surface area contributed by atoms with Gasteiger partial charge in [-0.25, -0.2) is 0 Å². The predicted molar refractivity (Wildman–Crippen MR) is 68.1 cm³/mol. The Kier molecular flexibility index (Phi) is 4.28. The van der Waals surface area contributed by atoms with Crippen LogP contribution in [0.5, 0.6) is 5.75 Å². The highest BCUT2D eigenvalue weighted by atomic mass is 35.5. The van der Waals surface area contributed by atoms with Crippen LogP contribution in [0.2, 0.25) is 5.02 Å². The summed E-state index contributed by atoms with van der Waals surface area (Å²) in [4.78, 5) is 0. The Balaban J connectivity index is 2.05. The second-order valence-electron chi connectivity index (χ2n) is 4.48. The van der Waals surface area contributed by atoms with Crippen molar-refractivity contribution in [2.75, 3.05) is 0 Å². The van der Waals surface area contributed by atoms with Crippen molar-refractivity contribution in [2.45, 2.75) is 38.2 Å². The maximum atomic E-state index is 9.16. The van der Waals surface area contributed by atoms with Gasteiger partial charge in [-0.15, -0.1) is 0 Å². The zero-order chi connectivity index (χ0) is 12.1. The van der Waals surface area contributed by atoms with E-state index >= 15 is 0 Å². The van der Waals surface area contributed by atoms with Crippen LogP contribution in [0.1, 0.15) is 32.1 Å². The fraction of sp³-hybridized carbons (Fsp3) is 0.500. The molecule has 0 saturated heterocycles. The van der Waals surface area contributed by atoms with Crippen molar-refractivity contribution in [3.8, 4) is 11.8 Å². The van der Waals surface area contributed by atoms with Crippen molar-refractivity contribution in [1.29, 1.82) is 5.26 Å². The SMILES string of the molecule is N#CC1CCCCCC1Oc1ccc(Cl)cc1. The van der Waals surface area contributed by atoms with E-state index in [-0.39, 0.29) is 12.0 Å². The molecule has 3 heteroatoms. The molecule has 90 valence electrons. The van der Waals surface area contributed by atoms with Crippen LogP contribution in [0.3, 0.4) is 0 Å². The van der Waals surface area contributed by atoms with E-state index in [1.807, 2.05) is 24.3 Å². The highest BCUT2D eigenvalue weighted by Gasteiger charge is 2.25. The highest BCUT2D eigenvalue weighted by Crippen LogP contribution is 2.27. The van der Waals surface area contributed by atoms with Crippen LogP contribution >= 0.6 is 11.6 Å². The van der Waals surface area contributed by atoms with Gasteiger partial charge in [0.1, 0.15) is 11.9 Å². The average molecular weight is 250 g/mol. The Labute approximate surface area is 107 Å². The van der Waals surface area contributed by atoms with Crippen molar-refractivity contribution in [1.82, 2.24) is 0 Å². The fourth-order valence-electron chi connectivity index (χ4n) is 2.25. The lowest BCUT2D eigenvalue weighted by molar-refractivity contribution is 0.152. The molecule has 2 unspecified atom stereocenters. The average Bonchev–Trinajstić information content (AvgIpc) is 2.57. The predicted octanol–water partition coefficient (Wildman–Crippen LogP) is 4.19. The normalized spacial score (nSPS) is 24.7. The van der Waals surface area contributed by atoms with Crippen molar-refractivity contribution in [2.24, 2.45) is 5.92 Å². The summed E-state index contributed by atoms with van der Waals surface area (Å²) in [7, 11) is 0. The van der Waals surface area contributed by atoms with Gasteiger partial charge in [0.05, 0.1) is 12.0 Å². The van der Waals surface area contributed by atoms with Crippen LogP contribution in [0.15, 0.2) is 24.3 Å². The molecule has 0 aromatic heterocycles. The zero-order valence-corrected chi connectivity index (χ0v) is 10.5. The number of halogens is 1. The van der Waals surface area contributed by atoms with E-state index < -0.39 is 0 Å². The zero-order valence-electron chi connectivity index (χ0n) is 9.73. The minimum atomic E-state index is 0.0215. The second-order valence-corrected chi connectivity index (χ2v) is 4.92. The topological polar surface area (TPSA) is 33.0 Å². The molecule has 1 aliphatic carbocycles. The largest absolute Gasteiger partial charge is 0.489 e. The summed E-state index contributed by atoms with van der Waals surface area (Å²) >= 11 is 5.83. The van der Waals surface area contributed by atoms with E-state index in [2.05, 4.69) is 6.07 Å². The Morgan fingerprint density at radius 3 is 2.53 bits per heavy atom. The Hall–Kier alpha value is -1.20. The first-order valence-corrected chi connectivity index (χ1v) is 6.49. The number of benzene rings is 1. The highest BCUT2D eigenvalue weighted by molar-refractivity contribution is 6.30. The smallest absolute Gasteiger partial charge is 0.119 e. The number of nitrogens with zero attached hydrogens (tertiary/aromatic N) is 1. The first-order valence-electron chi connectivity index (χ1n) is 6.11. The number of nitriles is 1. The third kappa shape index (κ3) is 3.38. The van der Waals surface area contributed by atoms with Gasteiger partial charge in [0.15, 0.2) is 0 Å². The van der Waals surface area contributed by atoms with Crippen molar-refractivity contribution < 1.29 is 4.74 Å². The first kappa shape index (κ1) is 12.3. The molecule has 2 rings (SSSR count). The summed E-state index contributed by atoms with van der Waals surface area (Å²) < 4.78 is 5.91. The van der Waals surface area contributed by atoms with Crippen molar-refractivity contribution in [3.63, 3.8) is 0 Å². The quantitative estimate of drug-likeness (QED) is 0.737.